The Hall–Kier alpha value is -0.770. The summed E-state index contributed by atoms with van der Waals surface area (Å²) in [6, 6.07) is 5.27. The molecule has 20 heavy (non-hydrogen) atoms. The maximum absolute atomic E-state index is 12.3. The number of carbonyl (C=O) groups is 1. The molecule has 1 aromatic carbocycles. The maximum Gasteiger partial charge on any atom is 0.225 e. The topological polar surface area (TPSA) is 55.1 Å². The van der Waals surface area contributed by atoms with Crippen molar-refractivity contribution in [3.05, 3.63) is 33.8 Å². The summed E-state index contributed by atoms with van der Waals surface area (Å²) in [7, 11) is 0. The Labute approximate surface area is 129 Å². The number of rotatable bonds is 3. The molecule has 2 rings (SSSR count). The van der Waals surface area contributed by atoms with E-state index in [0.717, 1.165) is 31.2 Å². The lowest BCUT2D eigenvalue weighted by Gasteiger charge is -2.37. The van der Waals surface area contributed by atoms with Crippen LogP contribution in [-0.4, -0.2) is 11.4 Å². The van der Waals surface area contributed by atoms with Gasteiger partial charge in [-0.25, -0.2) is 0 Å². The van der Waals surface area contributed by atoms with Crippen LogP contribution < -0.4 is 11.1 Å². The van der Waals surface area contributed by atoms with E-state index < -0.39 is 5.54 Å². The van der Waals surface area contributed by atoms with Crippen LogP contribution in [0.4, 0.5) is 0 Å². The molecule has 3 N–H and O–H groups in total. The lowest BCUT2D eigenvalue weighted by molar-refractivity contribution is -0.128. The van der Waals surface area contributed by atoms with Crippen molar-refractivity contribution < 1.29 is 4.79 Å². The fourth-order valence-electron chi connectivity index (χ4n) is 2.76. The number of amides is 1. The van der Waals surface area contributed by atoms with E-state index >= 15 is 0 Å². The molecule has 1 amide bonds. The van der Waals surface area contributed by atoms with Gasteiger partial charge in [0.05, 0.1) is 5.92 Å². The highest BCUT2D eigenvalue weighted by molar-refractivity contribution is 6.35. The first-order valence-corrected chi connectivity index (χ1v) is 7.66. The van der Waals surface area contributed by atoms with Gasteiger partial charge in [0.15, 0.2) is 0 Å². The second-order valence-electron chi connectivity index (χ2n) is 5.76. The minimum absolute atomic E-state index is 0.0146. The Morgan fingerprint density at radius 1 is 1.45 bits per heavy atom. The summed E-state index contributed by atoms with van der Waals surface area (Å²) in [6.07, 6.45) is 3.91. The van der Waals surface area contributed by atoms with E-state index in [4.69, 9.17) is 28.9 Å². The Morgan fingerprint density at radius 2 is 2.20 bits per heavy atom. The van der Waals surface area contributed by atoms with Crippen molar-refractivity contribution in [2.75, 3.05) is 0 Å². The van der Waals surface area contributed by atoms with E-state index in [1.807, 2.05) is 13.0 Å². The van der Waals surface area contributed by atoms with E-state index in [9.17, 15) is 4.79 Å². The molecule has 5 heteroatoms. The summed E-state index contributed by atoms with van der Waals surface area (Å²) in [5.41, 5.74) is 6.69. The van der Waals surface area contributed by atoms with Gasteiger partial charge < -0.3 is 11.1 Å². The summed E-state index contributed by atoms with van der Waals surface area (Å²) in [6.45, 7) is 2.37. The van der Waals surface area contributed by atoms with Crippen molar-refractivity contribution in [2.24, 2.45) is 11.7 Å². The van der Waals surface area contributed by atoms with Crippen LogP contribution in [0.3, 0.4) is 0 Å². The summed E-state index contributed by atoms with van der Waals surface area (Å²) in [5.74, 6) is -0.108. The standard InChI is InChI=1S/C15H20Cl2N2O/c1-15(18)7-3-2-4-12(15)14(20)19-9-10-5-6-11(16)8-13(10)17/h5-6,8,12H,2-4,7,9,18H2,1H3,(H,19,20). The van der Waals surface area contributed by atoms with Crippen LogP contribution in [-0.2, 0) is 11.3 Å². The van der Waals surface area contributed by atoms with E-state index in [1.165, 1.54) is 0 Å². The van der Waals surface area contributed by atoms with Crippen LogP contribution >= 0.6 is 23.2 Å². The van der Waals surface area contributed by atoms with Gasteiger partial charge in [0, 0.05) is 22.1 Å². The monoisotopic (exact) mass is 314 g/mol. The van der Waals surface area contributed by atoms with Crippen molar-refractivity contribution >= 4 is 29.1 Å². The van der Waals surface area contributed by atoms with Crippen molar-refractivity contribution in [3.63, 3.8) is 0 Å². The maximum atomic E-state index is 12.3. The predicted molar refractivity (Wildman–Crippen MR) is 82.9 cm³/mol. The molecule has 0 aromatic heterocycles. The smallest absolute Gasteiger partial charge is 0.225 e. The lowest BCUT2D eigenvalue weighted by atomic mass is 9.74. The molecule has 1 aliphatic carbocycles. The van der Waals surface area contributed by atoms with Crippen molar-refractivity contribution in [2.45, 2.75) is 44.7 Å². The minimum atomic E-state index is -0.411. The van der Waals surface area contributed by atoms with Gasteiger partial charge in [0.25, 0.3) is 0 Å². The van der Waals surface area contributed by atoms with Crippen LogP contribution in [0, 0.1) is 5.92 Å². The second kappa shape index (κ2) is 6.33. The van der Waals surface area contributed by atoms with Crippen molar-refractivity contribution in [1.29, 1.82) is 0 Å². The highest BCUT2D eigenvalue weighted by atomic mass is 35.5. The van der Waals surface area contributed by atoms with Crippen LogP contribution in [0.5, 0.6) is 0 Å². The first-order chi connectivity index (χ1) is 9.40. The van der Waals surface area contributed by atoms with E-state index in [1.54, 1.807) is 12.1 Å². The third-order valence-corrected chi connectivity index (χ3v) is 4.63. The Bertz CT molecular complexity index is 503. The summed E-state index contributed by atoms with van der Waals surface area (Å²) >= 11 is 11.9. The van der Waals surface area contributed by atoms with Crippen LogP contribution in [0.25, 0.3) is 0 Å². The molecule has 0 aliphatic heterocycles. The molecule has 0 radical (unpaired) electrons. The number of nitrogens with one attached hydrogen (secondary N) is 1. The minimum Gasteiger partial charge on any atom is -0.352 e. The Balaban J connectivity index is 1.98. The largest absolute Gasteiger partial charge is 0.352 e. The highest BCUT2D eigenvalue weighted by Gasteiger charge is 2.37. The Kier molecular flexibility index (Phi) is 4.95. The average molecular weight is 315 g/mol. The number of nitrogens with two attached hydrogens (primary N) is 1. The third kappa shape index (κ3) is 3.66. The molecule has 0 saturated heterocycles. The van der Waals surface area contributed by atoms with Gasteiger partial charge in [-0.3, -0.25) is 4.79 Å². The van der Waals surface area contributed by atoms with Crippen molar-refractivity contribution in [3.8, 4) is 0 Å². The molecule has 0 heterocycles. The molecule has 0 bridgehead atoms. The van der Waals surface area contributed by atoms with Crippen LogP contribution in [0.1, 0.15) is 38.2 Å². The SMILES string of the molecule is CC1(N)CCCCC1C(=O)NCc1ccc(Cl)cc1Cl. The summed E-state index contributed by atoms with van der Waals surface area (Å²) in [4.78, 5) is 12.3. The highest BCUT2D eigenvalue weighted by Crippen LogP contribution is 2.31. The fourth-order valence-corrected chi connectivity index (χ4v) is 3.23. The molecule has 1 fully saturated rings. The molecule has 1 aliphatic rings. The number of halogens is 2. The molecule has 110 valence electrons. The number of hydrogen-bond acceptors (Lipinski definition) is 2. The summed E-state index contributed by atoms with van der Waals surface area (Å²) in [5, 5.41) is 4.09. The molecule has 2 atom stereocenters. The van der Waals surface area contributed by atoms with Gasteiger partial charge in [0.1, 0.15) is 0 Å². The molecular formula is C15H20Cl2N2O. The van der Waals surface area contributed by atoms with Crippen LogP contribution in [0.15, 0.2) is 18.2 Å². The quantitative estimate of drug-likeness (QED) is 0.897. The second-order valence-corrected chi connectivity index (χ2v) is 6.60. The molecule has 1 saturated carbocycles. The van der Waals surface area contributed by atoms with Gasteiger partial charge in [-0.1, -0.05) is 42.1 Å². The van der Waals surface area contributed by atoms with Gasteiger partial charge in [0.2, 0.25) is 5.91 Å². The molecule has 0 spiro atoms. The molecular weight excluding hydrogens is 295 g/mol. The van der Waals surface area contributed by atoms with E-state index in [2.05, 4.69) is 5.32 Å². The van der Waals surface area contributed by atoms with Crippen LogP contribution in [0.2, 0.25) is 10.0 Å². The number of carbonyl (C=O) groups excluding carboxylic acids is 1. The molecule has 1 aromatic rings. The normalized spacial score (nSPS) is 26.3. The van der Waals surface area contributed by atoms with E-state index in [0.29, 0.717) is 16.6 Å². The molecule has 3 nitrogen and oxygen atoms in total. The van der Waals surface area contributed by atoms with E-state index in [-0.39, 0.29) is 11.8 Å². The fraction of sp³-hybridized carbons (Fsp3) is 0.533. The van der Waals surface area contributed by atoms with Crippen molar-refractivity contribution in [1.82, 2.24) is 5.32 Å². The first kappa shape index (κ1) is 15.6. The van der Waals surface area contributed by atoms with Gasteiger partial charge in [-0.2, -0.15) is 0 Å². The zero-order valence-corrected chi connectivity index (χ0v) is 13.1. The van der Waals surface area contributed by atoms with Gasteiger partial charge >= 0.3 is 0 Å². The predicted octanol–water partition coefficient (Wildman–Crippen LogP) is 3.52. The van der Waals surface area contributed by atoms with Gasteiger partial charge in [-0.15, -0.1) is 0 Å². The third-order valence-electron chi connectivity index (χ3n) is 4.04. The first-order valence-electron chi connectivity index (χ1n) is 6.91. The summed E-state index contributed by atoms with van der Waals surface area (Å²) < 4.78 is 0. The average Bonchev–Trinajstić information content (AvgIpc) is 2.37. The number of hydrogen-bond donors (Lipinski definition) is 2. The number of benzene rings is 1. The lowest BCUT2D eigenvalue weighted by Crippen LogP contribution is -2.52. The zero-order chi connectivity index (χ0) is 14.8. The molecule has 2 unspecified atom stereocenters. The van der Waals surface area contributed by atoms with Gasteiger partial charge in [-0.05, 0) is 37.5 Å². The Morgan fingerprint density at radius 3 is 2.85 bits per heavy atom. The zero-order valence-electron chi connectivity index (χ0n) is 11.6.